The Balaban J connectivity index is 2.47. The second kappa shape index (κ2) is 3.32. The maximum Gasteiger partial charge on any atom is 0.0412 e. The molecule has 0 radical (unpaired) electrons. The van der Waals surface area contributed by atoms with Gasteiger partial charge in [-0.1, -0.05) is 29.8 Å². The first kappa shape index (κ1) is 7.88. The number of benzene rings is 1. The Labute approximate surface area is 77.9 Å². The fraction of sp³-hybridized carbons (Fsp3) is 0.273. The summed E-state index contributed by atoms with van der Waals surface area (Å²) in [7, 11) is 0. The van der Waals surface area contributed by atoms with Gasteiger partial charge in [-0.2, -0.15) is 0 Å². The van der Waals surface area contributed by atoms with E-state index in [9.17, 15) is 0 Å². The van der Waals surface area contributed by atoms with Crippen molar-refractivity contribution in [2.24, 2.45) is 0 Å². The molecule has 0 saturated heterocycles. The number of allylic oxidation sites excluding steroid dienone is 1. The molecule has 0 aromatic heterocycles. The predicted octanol–water partition coefficient (Wildman–Crippen LogP) is 3.69. The minimum absolute atomic E-state index is 0.834. The van der Waals surface area contributed by atoms with E-state index in [1.165, 1.54) is 30.4 Å². The lowest BCUT2D eigenvalue weighted by Crippen LogP contribution is -1.86. The summed E-state index contributed by atoms with van der Waals surface area (Å²) in [5, 5.41) is 0.834. The Bertz CT molecular complexity index is 313. The van der Waals surface area contributed by atoms with Gasteiger partial charge in [-0.15, -0.1) is 0 Å². The number of aryl methyl sites for hydroxylation is 1. The van der Waals surface area contributed by atoms with Crippen LogP contribution in [0, 0.1) is 0 Å². The van der Waals surface area contributed by atoms with Crippen molar-refractivity contribution < 1.29 is 0 Å². The summed E-state index contributed by atoms with van der Waals surface area (Å²) >= 11 is 5.90. The van der Waals surface area contributed by atoms with Crippen LogP contribution in [0.5, 0.6) is 0 Å². The van der Waals surface area contributed by atoms with Gasteiger partial charge in [0.1, 0.15) is 0 Å². The quantitative estimate of drug-likeness (QED) is 0.569. The molecule has 1 aliphatic rings. The van der Waals surface area contributed by atoms with Crippen molar-refractivity contribution in [3.8, 4) is 0 Å². The first-order valence-electron chi connectivity index (χ1n) is 4.31. The van der Waals surface area contributed by atoms with Gasteiger partial charge in [0.15, 0.2) is 0 Å². The van der Waals surface area contributed by atoms with Crippen LogP contribution < -0.4 is 0 Å². The van der Waals surface area contributed by atoms with Crippen LogP contribution in [0.4, 0.5) is 0 Å². The van der Waals surface area contributed by atoms with Crippen LogP contribution in [0.1, 0.15) is 24.0 Å². The minimum atomic E-state index is 0.834. The highest BCUT2D eigenvalue weighted by atomic mass is 35.5. The van der Waals surface area contributed by atoms with E-state index in [0.29, 0.717) is 0 Å². The van der Waals surface area contributed by atoms with E-state index in [0.717, 1.165) is 5.02 Å². The predicted molar refractivity (Wildman–Crippen MR) is 53.4 cm³/mol. The SMILES string of the molecule is Clc1ccc2c(c1)C=CCCC2. The van der Waals surface area contributed by atoms with E-state index >= 15 is 0 Å². The number of rotatable bonds is 0. The van der Waals surface area contributed by atoms with Crippen LogP contribution in [0.25, 0.3) is 6.08 Å². The largest absolute Gasteiger partial charge is 0.0843 e. The van der Waals surface area contributed by atoms with E-state index in [4.69, 9.17) is 11.6 Å². The topological polar surface area (TPSA) is 0 Å². The van der Waals surface area contributed by atoms with Gasteiger partial charge in [-0.25, -0.2) is 0 Å². The Kier molecular flexibility index (Phi) is 2.18. The molecule has 0 fully saturated rings. The third kappa shape index (κ3) is 1.54. The van der Waals surface area contributed by atoms with Crippen molar-refractivity contribution in [3.05, 3.63) is 40.4 Å². The van der Waals surface area contributed by atoms with Gasteiger partial charge < -0.3 is 0 Å². The summed E-state index contributed by atoms with van der Waals surface area (Å²) in [6.07, 6.45) is 8.02. The molecule has 0 N–H and O–H groups in total. The summed E-state index contributed by atoms with van der Waals surface area (Å²) in [4.78, 5) is 0. The standard InChI is InChI=1S/C11H11Cl/c12-11-7-6-9-4-2-1-3-5-10(9)8-11/h3,5-8H,1-2,4H2. The molecular formula is C11H11Cl. The van der Waals surface area contributed by atoms with Gasteiger partial charge in [0.2, 0.25) is 0 Å². The number of hydrogen-bond acceptors (Lipinski definition) is 0. The van der Waals surface area contributed by atoms with Crippen LogP contribution in [0.2, 0.25) is 5.02 Å². The molecule has 0 aliphatic heterocycles. The Morgan fingerprint density at radius 2 is 2.17 bits per heavy atom. The lowest BCUT2D eigenvalue weighted by Gasteiger charge is -2.02. The molecule has 1 aromatic rings. The highest BCUT2D eigenvalue weighted by Crippen LogP contribution is 2.22. The maximum atomic E-state index is 5.90. The molecule has 1 heteroatoms. The summed E-state index contributed by atoms with van der Waals surface area (Å²) < 4.78 is 0. The molecule has 0 bridgehead atoms. The maximum absolute atomic E-state index is 5.90. The zero-order valence-corrected chi connectivity index (χ0v) is 7.64. The normalized spacial score (nSPS) is 15.4. The molecule has 0 atom stereocenters. The van der Waals surface area contributed by atoms with Crippen LogP contribution in [0.15, 0.2) is 24.3 Å². The molecule has 0 amide bonds. The Morgan fingerprint density at radius 3 is 3.08 bits per heavy atom. The minimum Gasteiger partial charge on any atom is -0.0843 e. The lowest BCUT2D eigenvalue weighted by atomic mass is 10.1. The molecule has 12 heavy (non-hydrogen) atoms. The van der Waals surface area contributed by atoms with Gasteiger partial charge in [-0.05, 0) is 42.5 Å². The average Bonchev–Trinajstić information content (AvgIpc) is 2.28. The van der Waals surface area contributed by atoms with E-state index in [-0.39, 0.29) is 0 Å². The monoisotopic (exact) mass is 178 g/mol. The van der Waals surface area contributed by atoms with Crippen LogP contribution in [-0.4, -0.2) is 0 Å². The number of fused-ring (bicyclic) bond motifs is 1. The van der Waals surface area contributed by atoms with Crippen molar-refractivity contribution in [2.45, 2.75) is 19.3 Å². The zero-order chi connectivity index (χ0) is 8.39. The first-order valence-corrected chi connectivity index (χ1v) is 4.69. The van der Waals surface area contributed by atoms with Gasteiger partial charge in [0, 0.05) is 5.02 Å². The van der Waals surface area contributed by atoms with Crippen molar-refractivity contribution in [1.29, 1.82) is 0 Å². The number of halogens is 1. The van der Waals surface area contributed by atoms with Gasteiger partial charge >= 0.3 is 0 Å². The smallest absolute Gasteiger partial charge is 0.0412 e. The highest BCUT2D eigenvalue weighted by molar-refractivity contribution is 6.30. The molecule has 1 aliphatic carbocycles. The van der Waals surface area contributed by atoms with Crippen LogP contribution in [-0.2, 0) is 6.42 Å². The number of hydrogen-bond donors (Lipinski definition) is 0. The molecule has 0 saturated carbocycles. The Hall–Kier alpha value is -0.750. The van der Waals surface area contributed by atoms with Crippen molar-refractivity contribution in [3.63, 3.8) is 0 Å². The van der Waals surface area contributed by atoms with Crippen LogP contribution >= 0.6 is 11.6 Å². The third-order valence-electron chi connectivity index (χ3n) is 2.22. The molecule has 0 heterocycles. The summed E-state index contributed by atoms with van der Waals surface area (Å²) in [5.74, 6) is 0. The molecule has 0 spiro atoms. The van der Waals surface area contributed by atoms with Gasteiger partial charge in [0.25, 0.3) is 0 Å². The van der Waals surface area contributed by atoms with Gasteiger partial charge in [0.05, 0.1) is 0 Å². The third-order valence-corrected chi connectivity index (χ3v) is 2.46. The van der Waals surface area contributed by atoms with Crippen molar-refractivity contribution >= 4 is 17.7 Å². The van der Waals surface area contributed by atoms with E-state index < -0.39 is 0 Å². The van der Waals surface area contributed by atoms with Crippen molar-refractivity contribution in [1.82, 2.24) is 0 Å². The fourth-order valence-electron chi connectivity index (χ4n) is 1.57. The van der Waals surface area contributed by atoms with Crippen molar-refractivity contribution in [2.75, 3.05) is 0 Å². The van der Waals surface area contributed by atoms with E-state index in [1.807, 2.05) is 12.1 Å². The summed E-state index contributed by atoms with van der Waals surface area (Å²) in [5.41, 5.74) is 2.72. The zero-order valence-electron chi connectivity index (χ0n) is 6.89. The molecule has 62 valence electrons. The van der Waals surface area contributed by atoms with E-state index in [1.54, 1.807) is 0 Å². The van der Waals surface area contributed by atoms with E-state index in [2.05, 4.69) is 18.2 Å². The first-order chi connectivity index (χ1) is 5.86. The van der Waals surface area contributed by atoms with Crippen LogP contribution in [0.3, 0.4) is 0 Å². The fourth-order valence-corrected chi connectivity index (χ4v) is 1.75. The van der Waals surface area contributed by atoms with Gasteiger partial charge in [-0.3, -0.25) is 0 Å². The second-order valence-electron chi connectivity index (χ2n) is 3.14. The molecule has 2 rings (SSSR count). The average molecular weight is 179 g/mol. The summed E-state index contributed by atoms with van der Waals surface area (Å²) in [6, 6.07) is 6.14. The molecular weight excluding hydrogens is 168 g/mol. The molecule has 1 aromatic carbocycles. The Morgan fingerprint density at radius 1 is 1.25 bits per heavy atom. The lowest BCUT2D eigenvalue weighted by molar-refractivity contribution is 0.851. The molecule has 0 unspecified atom stereocenters. The second-order valence-corrected chi connectivity index (χ2v) is 3.57. The summed E-state index contributed by atoms with van der Waals surface area (Å²) in [6.45, 7) is 0. The highest BCUT2D eigenvalue weighted by Gasteiger charge is 2.02. The molecule has 0 nitrogen and oxygen atoms in total.